The van der Waals surface area contributed by atoms with Gasteiger partial charge in [-0.2, -0.15) is 0 Å². The lowest BCUT2D eigenvalue weighted by Gasteiger charge is -2.23. The number of methoxy groups -OCH3 is 1. The van der Waals surface area contributed by atoms with Gasteiger partial charge in [-0.25, -0.2) is 14.4 Å². The molecule has 1 aliphatic carbocycles. The molecule has 9 heteroatoms. The number of anilines is 1. The van der Waals surface area contributed by atoms with Crippen molar-refractivity contribution < 1.29 is 23.8 Å². The van der Waals surface area contributed by atoms with E-state index >= 15 is 0 Å². The van der Waals surface area contributed by atoms with Crippen LogP contribution in [0.1, 0.15) is 38.5 Å². The minimum absolute atomic E-state index is 0.198. The molecule has 0 saturated heterocycles. The Morgan fingerprint density at radius 3 is 2.66 bits per heavy atom. The van der Waals surface area contributed by atoms with E-state index in [1.807, 2.05) is 6.07 Å². The average Bonchev–Trinajstić information content (AvgIpc) is 3.55. The predicted octanol–water partition coefficient (Wildman–Crippen LogP) is 5.65. The molecule has 4 rings (SSSR count). The van der Waals surface area contributed by atoms with Crippen LogP contribution in [0.15, 0.2) is 41.9 Å². The van der Waals surface area contributed by atoms with Crippen LogP contribution in [-0.4, -0.2) is 41.1 Å². The van der Waals surface area contributed by atoms with Crippen LogP contribution in [0, 0.1) is 17.7 Å². The van der Waals surface area contributed by atoms with Gasteiger partial charge in [-0.1, -0.05) is 31.7 Å². The third-order valence-corrected chi connectivity index (χ3v) is 7.40. The first kappa shape index (κ1) is 24.8. The predicted molar refractivity (Wildman–Crippen MR) is 133 cm³/mol. The first-order valence-corrected chi connectivity index (χ1v) is 12.5. The molecule has 1 N–H and O–H groups in total. The highest BCUT2D eigenvalue weighted by atomic mass is 32.1. The number of rotatable bonds is 9. The maximum atomic E-state index is 14.2. The van der Waals surface area contributed by atoms with E-state index in [9.17, 15) is 19.1 Å². The quantitative estimate of drug-likeness (QED) is 0.410. The normalized spacial score (nSPS) is 14.6. The molecule has 0 aliphatic heterocycles. The lowest BCUT2D eigenvalue weighted by atomic mass is 9.90. The van der Waals surface area contributed by atoms with Crippen LogP contribution in [-0.2, 0) is 9.59 Å². The third kappa shape index (κ3) is 5.85. The van der Waals surface area contributed by atoms with Crippen LogP contribution in [0.3, 0.4) is 0 Å². The fraction of sp³-hybridized carbons (Fsp3) is 0.385. The smallest absolute Gasteiger partial charge is 0.304 e. The monoisotopic (exact) mass is 497 g/mol. The van der Waals surface area contributed by atoms with E-state index < -0.39 is 17.7 Å². The number of hydrogen-bond donors (Lipinski definition) is 1. The van der Waals surface area contributed by atoms with E-state index in [4.69, 9.17) is 4.74 Å². The second-order valence-electron chi connectivity index (χ2n) is 8.87. The van der Waals surface area contributed by atoms with Gasteiger partial charge >= 0.3 is 5.97 Å². The van der Waals surface area contributed by atoms with Gasteiger partial charge in [-0.05, 0) is 36.1 Å². The van der Waals surface area contributed by atoms with E-state index in [1.165, 1.54) is 35.5 Å². The van der Waals surface area contributed by atoms with E-state index in [0.717, 1.165) is 36.8 Å². The zero-order valence-corrected chi connectivity index (χ0v) is 20.6. The highest BCUT2D eigenvalue weighted by molar-refractivity contribution is 7.14. The molecule has 0 radical (unpaired) electrons. The van der Waals surface area contributed by atoms with Crippen LogP contribution < -0.4 is 9.64 Å². The fourth-order valence-corrected chi connectivity index (χ4v) is 5.48. The Morgan fingerprint density at radius 2 is 2.00 bits per heavy atom. The van der Waals surface area contributed by atoms with Gasteiger partial charge in [0.15, 0.2) is 5.13 Å². The highest BCUT2D eigenvalue weighted by Crippen LogP contribution is 2.37. The van der Waals surface area contributed by atoms with Crippen LogP contribution in [0.5, 0.6) is 5.88 Å². The Balaban J connectivity index is 1.59. The topological polar surface area (TPSA) is 92.6 Å². The molecule has 0 bridgehead atoms. The maximum Gasteiger partial charge on any atom is 0.304 e. The zero-order chi connectivity index (χ0) is 24.9. The summed E-state index contributed by atoms with van der Waals surface area (Å²) in [7, 11) is 3.16. The van der Waals surface area contributed by atoms with Crippen LogP contribution >= 0.6 is 11.3 Å². The lowest BCUT2D eigenvalue weighted by Crippen LogP contribution is -2.35. The SMILES string of the molecule is COc1ccc(-c2ccc(F)cc2-c2csc(N(C)C(=O)C(CC(=O)O)CC3CCCC3)n2)cn1. The average molecular weight is 498 g/mol. The minimum atomic E-state index is -0.980. The Hall–Kier alpha value is -3.33. The summed E-state index contributed by atoms with van der Waals surface area (Å²) < 4.78 is 19.3. The second-order valence-corrected chi connectivity index (χ2v) is 9.71. The number of nitrogens with zero attached hydrogens (tertiary/aromatic N) is 3. The van der Waals surface area contributed by atoms with Gasteiger partial charge in [0.1, 0.15) is 5.82 Å². The van der Waals surface area contributed by atoms with Crippen molar-refractivity contribution in [2.24, 2.45) is 11.8 Å². The summed E-state index contributed by atoms with van der Waals surface area (Å²) in [4.78, 5) is 35.0. The number of carboxylic acids is 1. The molecular formula is C26H28FN3O4S. The number of hydrogen-bond acceptors (Lipinski definition) is 6. The number of amides is 1. The summed E-state index contributed by atoms with van der Waals surface area (Å²) in [6, 6.07) is 8.03. The van der Waals surface area contributed by atoms with Gasteiger partial charge in [0.2, 0.25) is 11.8 Å². The largest absolute Gasteiger partial charge is 0.481 e. The van der Waals surface area contributed by atoms with Crippen molar-refractivity contribution in [3.05, 3.63) is 47.7 Å². The molecule has 1 aliphatic rings. The molecule has 2 heterocycles. The van der Waals surface area contributed by atoms with Crippen LogP contribution in [0.2, 0.25) is 0 Å². The summed E-state index contributed by atoms with van der Waals surface area (Å²) in [5, 5.41) is 11.6. The molecule has 1 amide bonds. The number of carbonyl (C=O) groups excluding carboxylic acids is 1. The Labute approximate surface area is 207 Å². The summed E-state index contributed by atoms with van der Waals surface area (Å²) >= 11 is 1.26. The Morgan fingerprint density at radius 1 is 1.23 bits per heavy atom. The number of aliphatic carboxylic acids is 1. The molecule has 1 atom stereocenters. The lowest BCUT2D eigenvalue weighted by molar-refractivity contribution is -0.140. The third-order valence-electron chi connectivity index (χ3n) is 6.49. The number of aromatic nitrogens is 2. The molecule has 2 aromatic heterocycles. The summed E-state index contributed by atoms with van der Waals surface area (Å²) in [5.41, 5.74) is 2.63. The summed E-state index contributed by atoms with van der Waals surface area (Å²) in [6.45, 7) is 0. The molecule has 1 fully saturated rings. The number of thiazole rings is 1. The number of benzene rings is 1. The van der Waals surface area contributed by atoms with Gasteiger partial charge in [-0.3, -0.25) is 14.5 Å². The molecule has 0 spiro atoms. The summed E-state index contributed by atoms with van der Waals surface area (Å²) in [6.07, 6.45) is 6.36. The van der Waals surface area contributed by atoms with E-state index in [-0.39, 0.29) is 12.3 Å². The zero-order valence-electron chi connectivity index (χ0n) is 19.7. The van der Waals surface area contributed by atoms with Crippen LogP contribution in [0.4, 0.5) is 9.52 Å². The molecule has 1 aromatic carbocycles. The van der Waals surface area contributed by atoms with Crippen molar-refractivity contribution >= 4 is 28.3 Å². The number of carboxylic acid groups (broad SMARTS) is 1. The maximum absolute atomic E-state index is 14.2. The number of pyridine rings is 1. The van der Waals surface area contributed by atoms with Gasteiger partial charge in [-0.15, -0.1) is 11.3 Å². The van der Waals surface area contributed by atoms with Gasteiger partial charge in [0.05, 0.1) is 19.2 Å². The molecule has 1 saturated carbocycles. The van der Waals surface area contributed by atoms with Crippen molar-refractivity contribution in [3.63, 3.8) is 0 Å². The minimum Gasteiger partial charge on any atom is -0.481 e. The van der Waals surface area contributed by atoms with Gasteiger partial charge < -0.3 is 9.84 Å². The van der Waals surface area contributed by atoms with Crippen molar-refractivity contribution in [1.29, 1.82) is 0 Å². The van der Waals surface area contributed by atoms with Crippen molar-refractivity contribution in [2.45, 2.75) is 38.5 Å². The fourth-order valence-electron chi connectivity index (χ4n) is 4.68. The van der Waals surface area contributed by atoms with Gasteiger partial charge in [0, 0.05) is 41.7 Å². The van der Waals surface area contributed by atoms with Gasteiger partial charge in [0.25, 0.3) is 0 Å². The summed E-state index contributed by atoms with van der Waals surface area (Å²) in [5.74, 6) is -1.37. The standard InChI is InChI=1S/C26H28FN3O4S/c1-30(25(33)18(12-24(31)32)11-16-5-3-4-6-16)26-29-22(15-35-26)21-13-19(27)8-9-20(21)17-7-10-23(34-2)28-14-17/h7-10,13-16,18H,3-6,11-12H2,1-2H3,(H,31,32). The van der Waals surface area contributed by atoms with E-state index in [2.05, 4.69) is 9.97 Å². The first-order chi connectivity index (χ1) is 16.9. The van der Waals surface area contributed by atoms with Crippen LogP contribution in [0.25, 0.3) is 22.4 Å². The molecule has 184 valence electrons. The Kier molecular flexibility index (Phi) is 7.75. The first-order valence-electron chi connectivity index (χ1n) is 11.6. The van der Waals surface area contributed by atoms with E-state index in [0.29, 0.717) is 34.6 Å². The molecule has 3 aromatic rings. The van der Waals surface area contributed by atoms with Crippen molar-refractivity contribution in [3.8, 4) is 28.3 Å². The molecule has 1 unspecified atom stereocenters. The molecule has 35 heavy (non-hydrogen) atoms. The highest BCUT2D eigenvalue weighted by Gasteiger charge is 2.30. The van der Waals surface area contributed by atoms with E-state index in [1.54, 1.807) is 30.8 Å². The van der Waals surface area contributed by atoms with Crippen molar-refractivity contribution in [2.75, 3.05) is 19.1 Å². The number of halogens is 1. The Bertz CT molecular complexity index is 1190. The van der Waals surface area contributed by atoms with Crippen molar-refractivity contribution in [1.82, 2.24) is 9.97 Å². The number of carbonyl (C=O) groups is 2. The molecular weight excluding hydrogens is 469 g/mol. The molecule has 7 nitrogen and oxygen atoms in total. The second kappa shape index (κ2) is 10.9. The number of ether oxygens (including phenoxy) is 1.